The Morgan fingerprint density at radius 1 is 1.37 bits per heavy atom. The minimum absolute atomic E-state index is 0.171. The van der Waals surface area contributed by atoms with Crippen LogP contribution in [-0.2, 0) is 10.0 Å². The fourth-order valence-corrected chi connectivity index (χ4v) is 3.12. The van der Waals surface area contributed by atoms with E-state index < -0.39 is 10.0 Å². The van der Waals surface area contributed by atoms with Crippen LogP contribution in [0.15, 0.2) is 29.2 Å². The summed E-state index contributed by atoms with van der Waals surface area (Å²) in [6, 6.07) is 6.56. The van der Waals surface area contributed by atoms with Crippen LogP contribution >= 0.6 is 0 Å². The maximum atomic E-state index is 11.8. The molecule has 1 fully saturated rings. The van der Waals surface area contributed by atoms with Crippen molar-refractivity contribution in [1.29, 1.82) is 0 Å². The van der Waals surface area contributed by atoms with E-state index in [0.29, 0.717) is 12.3 Å². The van der Waals surface area contributed by atoms with Gasteiger partial charge in [0.15, 0.2) is 0 Å². The lowest BCUT2D eigenvalue weighted by Gasteiger charge is -2.23. The molecule has 106 valence electrons. The van der Waals surface area contributed by atoms with Crippen LogP contribution in [-0.4, -0.2) is 34.2 Å². The van der Waals surface area contributed by atoms with Gasteiger partial charge in [0, 0.05) is 13.1 Å². The molecule has 1 aromatic carbocycles. The first-order valence-corrected chi connectivity index (χ1v) is 8.07. The number of nitrogens with one attached hydrogen (secondary N) is 2. The van der Waals surface area contributed by atoms with Crippen LogP contribution in [0.25, 0.3) is 0 Å². The van der Waals surface area contributed by atoms with E-state index in [1.807, 2.05) is 0 Å². The molecular formula is C13H20N2O3S. The highest BCUT2D eigenvalue weighted by molar-refractivity contribution is 7.89. The number of rotatable bonds is 5. The minimum atomic E-state index is -3.38. The third-order valence-corrected chi connectivity index (χ3v) is 4.58. The minimum Gasteiger partial charge on any atom is -0.489 e. The van der Waals surface area contributed by atoms with Crippen molar-refractivity contribution < 1.29 is 13.2 Å². The zero-order valence-electron chi connectivity index (χ0n) is 11.1. The van der Waals surface area contributed by atoms with Gasteiger partial charge in [-0.05, 0) is 43.7 Å². The Labute approximate surface area is 114 Å². The van der Waals surface area contributed by atoms with Crippen LogP contribution in [0.1, 0.15) is 19.8 Å². The van der Waals surface area contributed by atoms with Crippen molar-refractivity contribution in [2.45, 2.75) is 30.8 Å². The van der Waals surface area contributed by atoms with Crippen molar-refractivity contribution in [2.75, 3.05) is 19.6 Å². The van der Waals surface area contributed by atoms with E-state index in [1.165, 1.54) is 0 Å². The number of hydrogen-bond donors (Lipinski definition) is 2. The largest absolute Gasteiger partial charge is 0.489 e. The summed E-state index contributed by atoms with van der Waals surface area (Å²) in [5.74, 6) is 0.712. The Morgan fingerprint density at radius 2 is 2.11 bits per heavy atom. The average Bonchev–Trinajstić information content (AvgIpc) is 2.40. The van der Waals surface area contributed by atoms with Gasteiger partial charge < -0.3 is 10.1 Å². The van der Waals surface area contributed by atoms with Gasteiger partial charge in [0.1, 0.15) is 11.9 Å². The molecule has 0 bridgehead atoms. The van der Waals surface area contributed by atoms with Gasteiger partial charge >= 0.3 is 0 Å². The molecule has 1 aliphatic rings. The van der Waals surface area contributed by atoms with Crippen LogP contribution in [0.5, 0.6) is 5.75 Å². The van der Waals surface area contributed by atoms with Crippen LogP contribution in [0, 0.1) is 0 Å². The molecule has 0 aliphatic carbocycles. The zero-order valence-corrected chi connectivity index (χ0v) is 11.9. The standard InChI is InChI=1S/C13H20N2O3S/c1-2-15-19(16,17)13-7-5-11(6-8-13)18-12-4-3-9-14-10-12/h5-8,12,14-15H,2-4,9-10H2,1H3. The topological polar surface area (TPSA) is 67.4 Å². The molecule has 0 spiro atoms. The molecule has 19 heavy (non-hydrogen) atoms. The van der Waals surface area contributed by atoms with E-state index in [0.717, 1.165) is 25.9 Å². The molecule has 2 rings (SSSR count). The lowest BCUT2D eigenvalue weighted by molar-refractivity contribution is 0.167. The zero-order chi connectivity index (χ0) is 13.7. The molecule has 5 nitrogen and oxygen atoms in total. The fraction of sp³-hybridized carbons (Fsp3) is 0.538. The van der Waals surface area contributed by atoms with Crippen molar-refractivity contribution in [3.8, 4) is 5.75 Å². The highest BCUT2D eigenvalue weighted by atomic mass is 32.2. The first-order valence-electron chi connectivity index (χ1n) is 6.59. The predicted molar refractivity (Wildman–Crippen MR) is 73.8 cm³/mol. The second-order valence-electron chi connectivity index (χ2n) is 4.56. The van der Waals surface area contributed by atoms with Crippen molar-refractivity contribution in [3.05, 3.63) is 24.3 Å². The summed E-state index contributed by atoms with van der Waals surface area (Å²) in [6.45, 7) is 4.02. The first-order chi connectivity index (χ1) is 9.12. The molecule has 0 aromatic heterocycles. The molecule has 1 heterocycles. The fourth-order valence-electron chi connectivity index (χ4n) is 2.08. The van der Waals surface area contributed by atoms with Crippen LogP contribution < -0.4 is 14.8 Å². The Hall–Kier alpha value is -1.11. The molecule has 1 aromatic rings. The van der Waals surface area contributed by atoms with Crippen molar-refractivity contribution in [1.82, 2.24) is 10.0 Å². The molecule has 0 radical (unpaired) electrons. The van der Waals surface area contributed by atoms with E-state index >= 15 is 0 Å². The Morgan fingerprint density at radius 3 is 2.68 bits per heavy atom. The summed E-state index contributed by atoms with van der Waals surface area (Å²) < 4.78 is 31.8. The quantitative estimate of drug-likeness (QED) is 0.850. The van der Waals surface area contributed by atoms with Gasteiger partial charge in [-0.15, -0.1) is 0 Å². The molecular weight excluding hydrogens is 264 g/mol. The third-order valence-electron chi connectivity index (χ3n) is 3.02. The van der Waals surface area contributed by atoms with E-state index in [9.17, 15) is 8.42 Å². The third kappa shape index (κ3) is 3.92. The summed E-state index contributed by atoms with van der Waals surface area (Å²) in [4.78, 5) is 0.267. The summed E-state index contributed by atoms with van der Waals surface area (Å²) in [5.41, 5.74) is 0. The Balaban J connectivity index is 2.01. The number of ether oxygens (including phenoxy) is 1. The van der Waals surface area contributed by atoms with Crippen LogP contribution in [0.2, 0.25) is 0 Å². The normalized spacial score (nSPS) is 20.2. The second kappa shape index (κ2) is 6.36. The number of hydrogen-bond acceptors (Lipinski definition) is 4. The van der Waals surface area contributed by atoms with E-state index in [4.69, 9.17) is 4.74 Å². The number of piperidine rings is 1. The van der Waals surface area contributed by atoms with Gasteiger partial charge in [-0.25, -0.2) is 13.1 Å². The Bertz CT molecular complexity index is 493. The highest BCUT2D eigenvalue weighted by Crippen LogP contribution is 2.18. The molecule has 1 saturated heterocycles. The van der Waals surface area contributed by atoms with Crippen LogP contribution in [0.4, 0.5) is 0 Å². The maximum Gasteiger partial charge on any atom is 0.240 e. The van der Waals surface area contributed by atoms with Gasteiger partial charge in [0.05, 0.1) is 4.90 Å². The van der Waals surface area contributed by atoms with Gasteiger partial charge in [0.2, 0.25) is 10.0 Å². The SMILES string of the molecule is CCNS(=O)(=O)c1ccc(OC2CCCNC2)cc1. The molecule has 1 unspecified atom stereocenters. The summed E-state index contributed by atoms with van der Waals surface area (Å²) in [5, 5.41) is 3.28. The molecule has 0 saturated carbocycles. The van der Waals surface area contributed by atoms with Crippen LogP contribution in [0.3, 0.4) is 0 Å². The maximum absolute atomic E-state index is 11.8. The first kappa shape index (κ1) is 14.3. The lowest BCUT2D eigenvalue weighted by atomic mass is 10.1. The van der Waals surface area contributed by atoms with Crippen molar-refractivity contribution in [3.63, 3.8) is 0 Å². The van der Waals surface area contributed by atoms with Gasteiger partial charge in [-0.3, -0.25) is 0 Å². The second-order valence-corrected chi connectivity index (χ2v) is 6.33. The average molecular weight is 284 g/mol. The molecule has 0 amide bonds. The molecule has 1 aliphatic heterocycles. The highest BCUT2D eigenvalue weighted by Gasteiger charge is 2.16. The summed E-state index contributed by atoms with van der Waals surface area (Å²) in [6.07, 6.45) is 2.31. The van der Waals surface area contributed by atoms with Gasteiger partial charge in [0.25, 0.3) is 0 Å². The van der Waals surface area contributed by atoms with E-state index in [1.54, 1.807) is 31.2 Å². The molecule has 2 N–H and O–H groups in total. The smallest absolute Gasteiger partial charge is 0.240 e. The predicted octanol–water partition coefficient (Wildman–Crippen LogP) is 1.12. The van der Waals surface area contributed by atoms with Gasteiger partial charge in [-0.1, -0.05) is 6.92 Å². The number of benzene rings is 1. The monoisotopic (exact) mass is 284 g/mol. The molecule has 6 heteroatoms. The van der Waals surface area contributed by atoms with Crippen molar-refractivity contribution in [2.24, 2.45) is 0 Å². The summed E-state index contributed by atoms with van der Waals surface area (Å²) in [7, 11) is -3.38. The van der Waals surface area contributed by atoms with E-state index in [2.05, 4.69) is 10.0 Å². The van der Waals surface area contributed by atoms with E-state index in [-0.39, 0.29) is 11.0 Å². The van der Waals surface area contributed by atoms with Gasteiger partial charge in [-0.2, -0.15) is 0 Å². The summed E-state index contributed by atoms with van der Waals surface area (Å²) >= 11 is 0. The lowest BCUT2D eigenvalue weighted by Crippen LogP contribution is -2.37. The number of sulfonamides is 1. The van der Waals surface area contributed by atoms with Crippen molar-refractivity contribution >= 4 is 10.0 Å². The Kier molecular flexibility index (Phi) is 4.79. The molecule has 1 atom stereocenters.